The number of Topliss-reactive ketones (excluding diaryl/α,β-unsaturated/α-hetero) is 1. The van der Waals surface area contributed by atoms with Gasteiger partial charge in [-0.25, -0.2) is 4.98 Å². The number of pyridine rings is 2. The predicted molar refractivity (Wildman–Crippen MR) is 117 cm³/mol. The lowest BCUT2D eigenvalue weighted by molar-refractivity contribution is -0.112. The van der Waals surface area contributed by atoms with Crippen LogP contribution >= 0.6 is 11.6 Å². The standard InChI is InChI=1S/C23H17ClN4O3/c24-16-7-4-14(5-8-16)11-17-12-18(19-3-1-2-10-28(17)19)21(29)23(31)27-20-9-6-15(13-26-20)22(25)30/h1-10,12-13H,11H2,(H2,25,30)(H,26,27,31). The summed E-state index contributed by atoms with van der Waals surface area (Å²) in [6, 6.07) is 17.5. The van der Waals surface area contributed by atoms with E-state index in [0.717, 1.165) is 11.3 Å². The molecule has 2 amide bonds. The Labute approximate surface area is 182 Å². The maximum absolute atomic E-state index is 12.9. The summed E-state index contributed by atoms with van der Waals surface area (Å²) in [5, 5.41) is 3.11. The lowest BCUT2D eigenvalue weighted by Gasteiger charge is -2.04. The maximum atomic E-state index is 12.9. The number of amides is 2. The highest BCUT2D eigenvalue weighted by molar-refractivity contribution is 6.47. The number of nitrogens with one attached hydrogen (secondary N) is 1. The Morgan fingerprint density at radius 2 is 1.81 bits per heavy atom. The molecule has 154 valence electrons. The number of halogens is 1. The van der Waals surface area contributed by atoms with E-state index in [4.69, 9.17) is 17.3 Å². The van der Waals surface area contributed by atoms with Gasteiger partial charge in [0.05, 0.1) is 16.6 Å². The molecule has 0 radical (unpaired) electrons. The molecule has 4 aromatic rings. The number of nitrogens with two attached hydrogens (primary N) is 1. The highest BCUT2D eigenvalue weighted by atomic mass is 35.5. The van der Waals surface area contributed by atoms with Gasteiger partial charge in [-0.2, -0.15) is 0 Å². The summed E-state index contributed by atoms with van der Waals surface area (Å²) in [6.45, 7) is 0. The molecule has 0 spiro atoms. The van der Waals surface area contributed by atoms with E-state index >= 15 is 0 Å². The van der Waals surface area contributed by atoms with Gasteiger partial charge in [0.15, 0.2) is 0 Å². The van der Waals surface area contributed by atoms with Crippen LogP contribution in [0.25, 0.3) is 5.52 Å². The summed E-state index contributed by atoms with van der Waals surface area (Å²) < 4.78 is 1.88. The Morgan fingerprint density at radius 1 is 1.03 bits per heavy atom. The molecule has 0 bridgehead atoms. The minimum atomic E-state index is -0.825. The molecule has 0 fully saturated rings. The number of hydrogen-bond donors (Lipinski definition) is 2. The lowest BCUT2D eigenvalue weighted by Crippen LogP contribution is -2.23. The van der Waals surface area contributed by atoms with Crippen molar-refractivity contribution in [3.63, 3.8) is 0 Å². The van der Waals surface area contributed by atoms with Gasteiger partial charge < -0.3 is 15.5 Å². The number of carbonyl (C=O) groups excluding carboxylic acids is 3. The Bertz CT molecular complexity index is 1290. The summed E-state index contributed by atoms with van der Waals surface area (Å²) in [4.78, 5) is 40.5. The van der Waals surface area contributed by atoms with Gasteiger partial charge in [-0.3, -0.25) is 14.4 Å². The number of fused-ring (bicyclic) bond motifs is 1. The van der Waals surface area contributed by atoms with Gasteiger partial charge in [0.1, 0.15) is 5.82 Å². The fraction of sp³-hybridized carbons (Fsp3) is 0.0435. The van der Waals surface area contributed by atoms with Gasteiger partial charge in [0.25, 0.3) is 11.7 Å². The number of ketones is 1. The van der Waals surface area contributed by atoms with Crippen molar-refractivity contribution in [2.75, 3.05) is 5.32 Å². The molecular formula is C23H17ClN4O3. The van der Waals surface area contributed by atoms with Crippen molar-refractivity contribution in [3.05, 3.63) is 100 Å². The molecule has 0 saturated carbocycles. The fourth-order valence-corrected chi connectivity index (χ4v) is 3.39. The molecule has 3 N–H and O–H groups in total. The summed E-state index contributed by atoms with van der Waals surface area (Å²) in [6.07, 6.45) is 3.65. The number of carbonyl (C=O) groups is 3. The third-order valence-corrected chi connectivity index (χ3v) is 5.05. The minimum absolute atomic E-state index is 0.147. The molecule has 7 nitrogen and oxygen atoms in total. The highest BCUT2D eigenvalue weighted by Gasteiger charge is 2.22. The fourth-order valence-electron chi connectivity index (χ4n) is 3.26. The Kier molecular flexibility index (Phi) is 5.51. The maximum Gasteiger partial charge on any atom is 0.298 e. The SMILES string of the molecule is NC(=O)c1ccc(NC(=O)C(=O)c2cc(Cc3ccc(Cl)cc3)n3ccccc23)nc1. The first-order valence-electron chi connectivity index (χ1n) is 9.37. The zero-order chi connectivity index (χ0) is 22.0. The zero-order valence-corrected chi connectivity index (χ0v) is 17.0. The van der Waals surface area contributed by atoms with E-state index in [2.05, 4.69) is 10.3 Å². The molecular weight excluding hydrogens is 416 g/mol. The number of nitrogens with zero attached hydrogens (tertiary/aromatic N) is 2. The van der Waals surface area contributed by atoms with Crippen LogP contribution in [0.1, 0.15) is 32.0 Å². The second-order valence-corrected chi connectivity index (χ2v) is 7.32. The third-order valence-electron chi connectivity index (χ3n) is 4.80. The summed E-state index contributed by atoms with van der Waals surface area (Å²) in [5.74, 6) is -2.00. The van der Waals surface area contributed by atoms with Gasteiger partial charge in [-0.1, -0.05) is 29.8 Å². The van der Waals surface area contributed by atoms with E-state index < -0.39 is 17.6 Å². The molecule has 31 heavy (non-hydrogen) atoms. The van der Waals surface area contributed by atoms with Crippen LogP contribution in [-0.2, 0) is 11.2 Å². The highest BCUT2D eigenvalue weighted by Crippen LogP contribution is 2.22. The van der Waals surface area contributed by atoms with E-state index in [-0.39, 0.29) is 16.9 Å². The first-order chi connectivity index (χ1) is 14.9. The Balaban J connectivity index is 1.60. The number of rotatable bonds is 6. The number of anilines is 1. The van der Waals surface area contributed by atoms with E-state index in [1.54, 1.807) is 18.2 Å². The van der Waals surface area contributed by atoms with Crippen LogP contribution < -0.4 is 11.1 Å². The van der Waals surface area contributed by atoms with Gasteiger partial charge in [0, 0.05) is 29.5 Å². The quantitative estimate of drug-likeness (QED) is 0.359. The molecule has 3 heterocycles. The molecule has 0 aliphatic carbocycles. The molecule has 1 aromatic carbocycles. The smallest absolute Gasteiger partial charge is 0.298 e. The van der Waals surface area contributed by atoms with E-state index in [9.17, 15) is 14.4 Å². The average molecular weight is 433 g/mol. The van der Waals surface area contributed by atoms with Crippen LogP contribution in [0.3, 0.4) is 0 Å². The van der Waals surface area contributed by atoms with Crippen molar-refractivity contribution in [3.8, 4) is 0 Å². The van der Waals surface area contributed by atoms with Crippen LogP contribution in [0.4, 0.5) is 5.82 Å². The Hall–Kier alpha value is -3.97. The summed E-state index contributed by atoms with van der Waals surface area (Å²) >= 11 is 5.96. The molecule has 0 aliphatic rings. The van der Waals surface area contributed by atoms with Gasteiger partial charge in [-0.05, 0) is 48.0 Å². The molecule has 0 unspecified atom stereocenters. The number of primary amides is 1. The first-order valence-corrected chi connectivity index (χ1v) is 9.75. The van der Waals surface area contributed by atoms with Crippen LogP contribution in [0.2, 0.25) is 5.02 Å². The molecule has 3 aromatic heterocycles. The lowest BCUT2D eigenvalue weighted by atomic mass is 10.1. The summed E-state index contributed by atoms with van der Waals surface area (Å²) in [7, 11) is 0. The monoisotopic (exact) mass is 432 g/mol. The molecule has 0 atom stereocenters. The van der Waals surface area contributed by atoms with Crippen molar-refractivity contribution in [2.45, 2.75) is 6.42 Å². The first kappa shape index (κ1) is 20.3. The molecule has 8 heteroatoms. The van der Waals surface area contributed by atoms with E-state index in [1.807, 2.05) is 40.9 Å². The number of aromatic nitrogens is 2. The average Bonchev–Trinajstić information content (AvgIpc) is 3.13. The predicted octanol–water partition coefficient (Wildman–Crippen LogP) is 3.50. The Morgan fingerprint density at radius 3 is 2.48 bits per heavy atom. The third kappa shape index (κ3) is 4.31. The van der Waals surface area contributed by atoms with Crippen molar-refractivity contribution >= 4 is 40.5 Å². The normalized spacial score (nSPS) is 10.7. The number of hydrogen-bond acceptors (Lipinski definition) is 4. The summed E-state index contributed by atoms with van der Waals surface area (Å²) in [5.41, 5.74) is 8.18. The largest absolute Gasteiger partial charge is 0.366 e. The minimum Gasteiger partial charge on any atom is -0.366 e. The van der Waals surface area contributed by atoms with Gasteiger partial charge >= 0.3 is 0 Å². The molecule has 0 saturated heterocycles. The van der Waals surface area contributed by atoms with Gasteiger partial charge in [0.2, 0.25) is 5.91 Å². The van der Waals surface area contributed by atoms with Crippen molar-refractivity contribution in [1.82, 2.24) is 9.38 Å². The van der Waals surface area contributed by atoms with Gasteiger partial charge in [-0.15, -0.1) is 0 Å². The number of benzene rings is 1. The molecule has 0 aliphatic heterocycles. The van der Waals surface area contributed by atoms with Crippen LogP contribution in [0.15, 0.2) is 73.1 Å². The van der Waals surface area contributed by atoms with Crippen LogP contribution in [0, 0.1) is 0 Å². The van der Waals surface area contributed by atoms with E-state index in [0.29, 0.717) is 17.0 Å². The van der Waals surface area contributed by atoms with Crippen LogP contribution in [0.5, 0.6) is 0 Å². The second-order valence-electron chi connectivity index (χ2n) is 6.89. The van der Waals surface area contributed by atoms with Crippen molar-refractivity contribution < 1.29 is 14.4 Å². The van der Waals surface area contributed by atoms with E-state index in [1.165, 1.54) is 18.3 Å². The molecule has 4 rings (SSSR count). The van der Waals surface area contributed by atoms with Crippen LogP contribution in [-0.4, -0.2) is 27.0 Å². The zero-order valence-electron chi connectivity index (χ0n) is 16.2. The van der Waals surface area contributed by atoms with Crippen molar-refractivity contribution in [2.24, 2.45) is 5.73 Å². The topological polar surface area (TPSA) is 107 Å². The van der Waals surface area contributed by atoms with Crippen molar-refractivity contribution in [1.29, 1.82) is 0 Å². The second kappa shape index (κ2) is 8.41.